The lowest BCUT2D eigenvalue weighted by Crippen LogP contribution is -2.35. The van der Waals surface area contributed by atoms with Crippen LogP contribution in [0.25, 0.3) is 0 Å². The van der Waals surface area contributed by atoms with E-state index < -0.39 is 0 Å². The highest BCUT2D eigenvalue weighted by atomic mass is 16.5. The number of rotatable bonds is 8. The van der Waals surface area contributed by atoms with Gasteiger partial charge in [-0.25, -0.2) is 0 Å². The molecule has 0 heterocycles. The molecule has 20 heavy (non-hydrogen) atoms. The maximum atomic E-state index is 11.7. The molecule has 0 saturated heterocycles. The number of ether oxygens (including phenoxy) is 1. The van der Waals surface area contributed by atoms with Crippen LogP contribution >= 0.6 is 0 Å². The molecule has 1 aromatic rings. The second kappa shape index (κ2) is 8.59. The second-order valence-corrected chi connectivity index (χ2v) is 5.02. The molecule has 112 valence electrons. The van der Waals surface area contributed by atoms with Crippen LogP contribution in [0, 0.1) is 0 Å². The summed E-state index contributed by atoms with van der Waals surface area (Å²) in [5.41, 5.74) is 1.16. The van der Waals surface area contributed by atoms with Gasteiger partial charge in [-0.15, -0.1) is 0 Å². The maximum Gasteiger partial charge on any atom is 0.258 e. The Hall–Kier alpha value is -1.55. The molecule has 1 aromatic carbocycles. The molecule has 2 atom stereocenters. The molecule has 2 N–H and O–H groups in total. The van der Waals surface area contributed by atoms with Crippen molar-refractivity contribution in [2.24, 2.45) is 0 Å². The Balaban J connectivity index is 2.52. The molecule has 0 fully saturated rings. The van der Waals surface area contributed by atoms with Crippen molar-refractivity contribution in [3.63, 3.8) is 0 Å². The molecular weight excluding hydrogens is 252 g/mol. The number of nitrogens with one attached hydrogen (secondary N) is 2. The van der Waals surface area contributed by atoms with Gasteiger partial charge in [0.2, 0.25) is 0 Å². The summed E-state index contributed by atoms with van der Waals surface area (Å²) in [6.07, 6.45) is 0.918. The van der Waals surface area contributed by atoms with Crippen LogP contribution in [0.2, 0.25) is 0 Å². The second-order valence-electron chi connectivity index (χ2n) is 5.02. The van der Waals surface area contributed by atoms with Crippen LogP contribution in [0.15, 0.2) is 24.3 Å². The number of hydrogen-bond donors (Lipinski definition) is 2. The Morgan fingerprint density at radius 2 is 2.05 bits per heavy atom. The van der Waals surface area contributed by atoms with Crippen molar-refractivity contribution in [2.45, 2.75) is 46.2 Å². The quantitative estimate of drug-likeness (QED) is 0.768. The average Bonchev–Trinajstić information content (AvgIpc) is 2.45. The maximum absolute atomic E-state index is 11.7. The van der Waals surface area contributed by atoms with Crippen LogP contribution in [0.4, 0.5) is 0 Å². The first kappa shape index (κ1) is 16.5. The zero-order chi connectivity index (χ0) is 15.0. The SMILES string of the molecule is CCNC(C)c1cccc(OCC(=O)NC(C)CC)c1. The van der Waals surface area contributed by atoms with E-state index in [9.17, 15) is 4.79 Å². The number of amides is 1. The highest BCUT2D eigenvalue weighted by Crippen LogP contribution is 2.18. The van der Waals surface area contributed by atoms with Gasteiger partial charge in [-0.3, -0.25) is 4.79 Å². The summed E-state index contributed by atoms with van der Waals surface area (Å²) >= 11 is 0. The normalized spacial score (nSPS) is 13.6. The molecule has 0 bridgehead atoms. The fraction of sp³-hybridized carbons (Fsp3) is 0.562. The van der Waals surface area contributed by atoms with Gasteiger partial charge in [0.15, 0.2) is 6.61 Å². The lowest BCUT2D eigenvalue weighted by Gasteiger charge is -2.15. The summed E-state index contributed by atoms with van der Waals surface area (Å²) in [5.74, 6) is 0.649. The lowest BCUT2D eigenvalue weighted by molar-refractivity contribution is -0.123. The molecule has 0 radical (unpaired) electrons. The van der Waals surface area contributed by atoms with Crippen LogP contribution in [0.1, 0.15) is 45.7 Å². The molecule has 0 aromatic heterocycles. The molecule has 0 spiro atoms. The van der Waals surface area contributed by atoms with Crippen molar-refractivity contribution < 1.29 is 9.53 Å². The highest BCUT2D eigenvalue weighted by molar-refractivity contribution is 5.77. The zero-order valence-corrected chi connectivity index (χ0v) is 12.9. The molecule has 1 rings (SSSR count). The van der Waals surface area contributed by atoms with Gasteiger partial charge in [-0.1, -0.05) is 26.0 Å². The van der Waals surface area contributed by atoms with Gasteiger partial charge in [0, 0.05) is 12.1 Å². The highest BCUT2D eigenvalue weighted by Gasteiger charge is 2.08. The largest absolute Gasteiger partial charge is 0.484 e. The number of benzene rings is 1. The van der Waals surface area contributed by atoms with Crippen molar-refractivity contribution >= 4 is 5.91 Å². The van der Waals surface area contributed by atoms with E-state index in [0.717, 1.165) is 24.3 Å². The Kier molecular flexibility index (Phi) is 7.09. The van der Waals surface area contributed by atoms with Gasteiger partial charge < -0.3 is 15.4 Å². The van der Waals surface area contributed by atoms with Crippen LogP contribution in [0.5, 0.6) is 5.75 Å². The van der Waals surface area contributed by atoms with Crippen molar-refractivity contribution in [2.75, 3.05) is 13.2 Å². The summed E-state index contributed by atoms with van der Waals surface area (Å²) in [4.78, 5) is 11.7. The van der Waals surface area contributed by atoms with Gasteiger partial charge in [0.05, 0.1) is 0 Å². The number of carbonyl (C=O) groups is 1. The minimum atomic E-state index is -0.0792. The molecule has 1 amide bonds. The topological polar surface area (TPSA) is 50.4 Å². The minimum Gasteiger partial charge on any atom is -0.484 e. The molecule has 4 nitrogen and oxygen atoms in total. The van der Waals surface area contributed by atoms with Gasteiger partial charge in [0.25, 0.3) is 5.91 Å². The Bertz CT molecular complexity index is 421. The summed E-state index contributed by atoms with van der Waals surface area (Å²) in [6.45, 7) is 9.19. The molecular formula is C16H26N2O2. The summed E-state index contributed by atoms with van der Waals surface area (Å²) in [7, 11) is 0. The first-order valence-corrected chi connectivity index (χ1v) is 7.32. The Morgan fingerprint density at radius 1 is 1.30 bits per heavy atom. The first-order valence-electron chi connectivity index (χ1n) is 7.32. The summed E-state index contributed by atoms with van der Waals surface area (Å²) in [5, 5.41) is 6.23. The van der Waals surface area contributed by atoms with Crippen molar-refractivity contribution in [3.05, 3.63) is 29.8 Å². The Morgan fingerprint density at radius 3 is 2.70 bits per heavy atom. The van der Waals surface area contributed by atoms with Gasteiger partial charge in [0.1, 0.15) is 5.75 Å². The van der Waals surface area contributed by atoms with Crippen LogP contribution in [-0.4, -0.2) is 25.1 Å². The van der Waals surface area contributed by atoms with E-state index >= 15 is 0 Å². The van der Waals surface area contributed by atoms with Gasteiger partial charge in [-0.2, -0.15) is 0 Å². The van der Waals surface area contributed by atoms with E-state index in [1.807, 2.05) is 32.0 Å². The van der Waals surface area contributed by atoms with Crippen LogP contribution < -0.4 is 15.4 Å². The van der Waals surface area contributed by atoms with E-state index in [-0.39, 0.29) is 24.6 Å². The lowest BCUT2D eigenvalue weighted by atomic mass is 10.1. The standard InChI is InChI=1S/C16H26N2O2/c1-5-12(3)18-16(19)11-20-15-9-7-8-14(10-15)13(4)17-6-2/h7-10,12-13,17H,5-6,11H2,1-4H3,(H,18,19). The smallest absolute Gasteiger partial charge is 0.258 e. The minimum absolute atomic E-state index is 0.0589. The Labute approximate surface area is 121 Å². The first-order chi connectivity index (χ1) is 9.56. The fourth-order valence-electron chi connectivity index (χ4n) is 1.87. The molecule has 4 heteroatoms. The van der Waals surface area contributed by atoms with Gasteiger partial charge in [-0.05, 0) is 44.5 Å². The van der Waals surface area contributed by atoms with E-state index in [4.69, 9.17) is 4.74 Å². The number of hydrogen-bond acceptors (Lipinski definition) is 3. The van der Waals surface area contributed by atoms with E-state index in [0.29, 0.717) is 0 Å². The third-order valence-corrected chi connectivity index (χ3v) is 3.26. The molecule has 0 aliphatic heterocycles. The third-order valence-electron chi connectivity index (χ3n) is 3.26. The predicted molar refractivity (Wildman–Crippen MR) is 81.9 cm³/mol. The van der Waals surface area contributed by atoms with Crippen LogP contribution in [0.3, 0.4) is 0 Å². The zero-order valence-electron chi connectivity index (χ0n) is 12.9. The molecule has 0 aliphatic carbocycles. The number of carbonyl (C=O) groups excluding carboxylic acids is 1. The van der Waals surface area contributed by atoms with E-state index in [1.54, 1.807) is 0 Å². The monoisotopic (exact) mass is 278 g/mol. The predicted octanol–water partition coefficient (Wildman–Crippen LogP) is 2.65. The average molecular weight is 278 g/mol. The van der Waals surface area contributed by atoms with Crippen molar-refractivity contribution in [3.8, 4) is 5.75 Å². The van der Waals surface area contributed by atoms with Crippen molar-refractivity contribution in [1.82, 2.24) is 10.6 Å². The molecule has 0 aliphatic rings. The van der Waals surface area contributed by atoms with E-state index in [2.05, 4.69) is 30.5 Å². The van der Waals surface area contributed by atoms with Gasteiger partial charge >= 0.3 is 0 Å². The van der Waals surface area contributed by atoms with Crippen molar-refractivity contribution in [1.29, 1.82) is 0 Å². The molecule has 2 unspecified atom stereocenters. The van der Waals surface area contributed by atoms with Crippen LogP contribution in [-0.2, 0) is 4.79 Å². The summed E-state index contributed by atoms with van der Waals surface area (Å²) in [6, 6.07) is 8.32. The van der Waals surface area contributed by atoms with E-state index in [1.165, 1.54) is 0 Å². The molecule has 0 saturated carbocycles. The fourth-order valence-corrected chi connectivity index (χ4v) is 1.87. The summed E-state index contributed by atoms with van der Waals surface area (Å²) < 4.78 is 5.54. The third kappa shape index (κ3) is 5.61.